The molecule has 0 saturated heterocycles. The monoisotopic (exact) mass is 344 g/mol. The number of aryl methyl sites for hydroxylation is 1. The van der Waals surface area contributed by atoms with Gasteiger partial charge in [0.1, 0.15) is 0 Å². The summed E-state index contributed by atoms with van der Waals surface area (Å²) < 4.78 is 3.26. The fourth-order valence-electron chi connectivity index (χ4n) is 3.22. The van der Waals surface area contributed by atoms with Crippen LogP contribution >= 0.6 is 0 Å². The third kappa shape index (κ3) is 2.39. The van der Waals surface area contributed by atoms with Crippen LogP contribution < -0.4 is 11.3 Å². The number of hydrogen-bond acceptors (Lipinski definition) is 3. The molecule has 0 aliphatic heterocycles. The predicted octanol–water partition coefficient (Wildman–Crippen LogP) is 2.49. The summed E-state index contributed by atoms with van der Waals surface area (Å²) in [4.78, 5) is 28.7. The number of hydrogen-bond donors (Lipinski definition) is 1. The van der Waals surface area contributed by atoms with Crippen molar-refractivity contribution in [3.8, 4) is 16.8 Å². The van der Waals surface area contributed by atoms with Gasteiger partial charge in [0.2, 0.25) is 5.91 Å². The molecule has 4 aromatic rings. The summed E-state index contributed by atoms with van der Waals surface area (Å²) in [5, 5.41) is 0.334. The van der Waals surface area contributed by atoms with E-state index in [1.165, 1.54) is 4.68 Å². The molecule has 128 valence electrons. The lowest BCUT2D eigenvalue weighted by molar-refractivity contribution is 0.100. The molecule has 0 aliphatic carbocycles. The van der Waals surface area contributed by atoms with Crippen LogP contribution in [0.3, 0.4) is 0 Å². The van der Waals surface area contributed by atoms with Crippen molar-refractivity contribution in [2.75, 3.05) is 0 Å². The van der Waals surface area contributed by atoms with Crippen LogP contribution in [-0.4, -0.2) is 20.3 Å². The zero-order chi connectivity index (χ0) is 18.3. The lowest BCUT2D eigenvalue weighted by Gasteiger charge is -2.09. The van der Waals surface area contributed by atoms with Gasteiger partial charge in [-0.1, -0.05) is 18.2 Å². The summed E-state index contributed by atoms with van der Waals surface area (Å²) >= 11 is 0. The van der Waals surface area contributed by atoms with E-state index in [0.717, 1.165) is 11.1 Å². The maximum atomic E-state index is 13.0. The lowest BCUT2D eigenvalue weighted by Crippen LogP contribution is -2.20. The first kappa shape index (κ1) is 15.8. The molecule has 0 saturated carbocycles. The molecule has 0 unspecified atom stereocenters. The van der Waals surface area contributed by atoms with Gasteiger partial charge in [0.05, 0.1) is 22.2 Å². The molecule has 0 atom stereocenters. The van der Waals surface area contributed by atoms with Gasteiger partial charge in [-0.2, -0.15) is 0 Å². The normalized spacial score (nSPS) is 11.0. The van der Waals surface area contributed by atoms with Crippen molar-refractivity contribution < 1.29 is 4.79 Å². The number of nitrogens with zero attached hydrogens (tertiary/aromatic N) is 3. The first-order valence-corrected chi connectivity index (χ1v) is 8.09. The van der Waals surface area contributed by atoms with E-state index in [4.69, 9.17) is 5.73 Å². The zero-order valence-electron chi connectivity index (χ0n) is 14.1. The van der Waals surface area contributed by atoms with Gasteiger partial charge < -0.3 is 5.73 Å². The molecule has 6 heteroatoms. The Hall–Kier alpha value is -3.67. The van der Waals surface area contributed by atoms with Crippen molar-refractivity contribution in [1.29, 1.82) is 0 Å². The smallest absolute Gasteiger partial charge is 0.280 e. The summed E-state index contributed by atoms with van der Waals surface area (Å²) in [5.41, 5.74) is 8.84. The van der Waals surface area contributed by atoms with Gasteiger partial charge in [-0.05, 0) is 47.5 Å². The Kier molecular flexibility index (Phi) is 3.65. The van der Waals surface area contributed by atoms with E-state index in [0.29, 0.717) is 16.6 Å². The molecule has 2 aromatic carbocycles. The maximum absolute atomic E-state index is 13.0. The second-order valence-electron chi connectivity index (χ2n) is 5.99. The number of rotatable bonds is 3. The molecule has 6 nitrogen and oxygen atoms in total. The maximum Gasteiger partial charge on any atom is 0.280 e. The molecule has 0 aliphatic rings. The number of carbonyl (C=O) groups excluding carboxylic acids is 1. The Morgan fingerprint density at radius 3 is 2.27 bits per heavy atom. The summed E-state index contributed by atoms with van der Waals surface area (Å²) in [6, 6.07) is 16.6. The van der Waals surface area contributed by atoms with Crippen LogP contribution in [0, 0.1) is 0 Å². The number of nitrogens with two attached hydrogens (primary N) is 1. The van der Waals surface area contributed by atoms with Crippen molar-refractivity contribution in [2.45, 2.75) is 0 Å². The number of aromatic nitrogens is 3. The highest BCUT2D eigenvalue weighted by molar-refractivity contribution is 6.05. The van der Waals surface area contributed by atoms with Crippen LogP contribution in [0.2, 0.25) is 0 Å². The van der Waals surface area contributed by atoms with Crippen molar-refractivity contribution in [2.24, 2.45) is 12.8 Å². The molecule has 2 heterocycles. The minimum absolute atomic E-state index is 0.232. The Morgan fingerprint density at radius 1 is 0.962 bits per heavy atom. The summed E-state index contributed by atoms with van der Waals surface area (Å²) in [7, 11) is 1.78. The Balaban J connectivity index is 1.89. The first-order valence-electron chi connectivity index (χ1n) is 8.09. The van der Waals surface area contributed by atoms with Gasteiger partial charge in [-0.3, -0.25) is 19.3 Å². The van der Waals surface area contributed by atoms with E-state index >= 15 is 0 Å². The molecule has 0 fully saturated rings. The van der Waals surface area contributed by atoms with Crippen molar-refractivity contribution >= 4 is 16.8 Å². The van der Waals surface area contributed by atoms with Crippen LogP contribution in [0.5, 0.6) is 0 Å². The average Bonchev–Trinajstić information content (AvgIpc) is 2.93. The molecule has 0 bridgehead atoms. The number of primary amides is 1. The summed E-state index contributed by atoms with van der Waals surface area (Å²) in [6.07, 6.45) is 3.48. The number of fused-ring (bicyclic) bond motifs is 1. The van der Waals surface area contributed by atoms with Crippen LogP contribution in [-0.2, 0) is 7.05 Å². The number of amides is 1. The van der Waals surface area contributed by atoms with Crippen LogP contribution in [0.25, 0.3) is 27.7 Å². The van der Waals surface area contributed by atoms with Crippen LogP contribution in [0.1, 0.15) is 10.4 Å². The highest BCUT2D eigenvalue weighted by Crippen LogP contribution is 2.22. The van der Waals surface area contributed by atoms with E-state index in [1.807, 2.05) is 36.4 Å². The fourth-order valence-corrected chi connectivity index (χ4v) is 3.22. The topological polar surface area (TPSA) is 82.9 Å². The van der Waals surface area contributed by atoms with E-state index in [1.54, 1.807) is 42.3 Å². The Morgan fingerprint density at radius 2 is 1.62 bits per heavy atom. The summed E-state index contributed by atoms with van der Waals surface area (Å²) in [6.45, 7) is 0. The number of pyridine rings is 1. The Bertz CT molecular complexity index is 1170. The molecule has 2 N–H and O–H groups in total. The molecular formula is C20H16N4O2. The highest BCUT2D eigenvalue weighted by atomic mass is 16.1. The SMILES string of the molecule is Cn1c2cccc(C(N)=O)c2c(=O)n1-c1ccc(-c2ccncc2)cc1. The van der Waals surface area contributed by atoms with Gasteiger partial charge in [0.25, 0.3) is 5.56 Å². The first-order chi connectivity index (χ1) is 12.6. The van der Waals surface area contributed by atoms with Crippen molar-refractivity contribution in [1.82, 2.24) is 14.3 Å². The minimum Gasteiger partial charge on any atom is -0.366 e. The van der Waals surface area contributed by atoms with Crippen LogP contribution in [0.4, 0.5) is 0 Å². The molecule has 2 aromatic heterocycles. The lowest BCUT2D eigenvalue weighted by atomic mass is 10.1. The minimum atomic E-state index is -0.613. The third-order valence-corrected chi connectivity index (χ3v) is 4.49. The number of benzene rings is 2. The van der Waals surface area contributed by atoms with Gasteiger partial charge in [0, 0.05) is 19.4 Å². The van der Waals surface area contributed by atoms with E-state index < -0.39 is 5.91 Å². The molecule has 0 spiro atoms. The molecular weight excluding hydrogens is 328 g/mol. The second kappa shape index (κ2) is 6.00. The Labute approximate surface area is 149 Å². The van der Waals surface area contributed by atoms with Crippen molar-refractivity contribution in [3.63, 3.8) is 0 Å². The van der Waals surface area contributed by atoms with Gasteiger partial charge >= 0.3 is 0 Å². The fraction of sp³-hybridized carbons (Fsp3) is 0.0500. The third-order valence-electron chi connectivity index (χ3n) is 4.49. The zero-order valence-corrected chi connectivity index (χ0v) is 14.1. The number of carbonyl (C=O) groups is 1. The predicted molar refractivity (Wildman–Crippen MR) is 100 cm³/mol. The molecule has 26 heavy (non-hydrogen) atoms. The quantitative estimate of drug-likeness (QED) is 0.620. The molecule has 4 rings (SSSR count). The van der Waals surface area contributed by atoms with Gasteiger partial charge in [-0.15, -0.1) is 0 Å². The van der Waals surface area contributed by atoms with Crippen molar-refractivity contribution in [3.05, 3.63) is 82.9 Å². The van der Waals surface area contributed by atoms with Gasteiger partial charge in [0.15, 0.2) is 0 Å². The average molecular weight is 344 g/mol. The van der Waals surface area contributed by atoms with E-state index in [9.17, 15) is 9.59 Å². The highest BCUT2D eigenvalue weighted by Gasteiger charge is 2.17. The van der Waals surface area contributed by atoms with E-state index in [-0.39, 0.29) is 11.1 Å². The largest absolute Gasteiger partial charge is 0.366 e. The summed E-state index contributed by atoms with van der Waals surface area (Å²) in [5.74, 6) is -0.613. The standard InChI is InChI=1S/C20H16N4O2/c1-23-17-4-2-3-16(19(21)25)18(17)20(26)24(23)15-7-5-13(6-8-15)14-9-11-22-12-10-14/h2-12H,1H3,(H2,21,25). The van der Waals surface area contributed by atoms with Gasteiger partial charge in [-0.25, -0.2) is 4.68 Å². The second-order valence-corrected chi connectivity index (χ2v) is 5.99. The molecule has 0 radical (unpaired) electrons. The van der Waals surface area contributed by atoms with Crippen LogP contribution in [0.15, 0.2) is 71.8 Å². The van der Waals surface area contributed by atoms with E-state index in [2.05, 4.69) is 4.98 Å². The molecule has 1 amide bonds.